The van der Waals surface area contributed by atoms with Gasteiger partial charge in [-0.3, -0.25) is 4.79 Å². The van der Waals surface area contributed by atoms with E-state index in [1.54, 1.807) is 0 Å². The van der Waals surface area contributed by atoms with Crippen molar-refractivity contribution < 1.29 is 9.53 Å². The molecule has 3 fully saturated rings. The van der Waals surface area contributed by atoms with Gasteiger partial charge in [0.05, 0.1) is 0 Å². The zero-order valence-corrected chi connectivity index (χ0v) is 14.4. The van der Waals surface area contributed by atoms with Gasteiger partial charge in [-0.2, -0.15) is 0 Å². The first kappa shape index (κ1) is 16.1. The van der Waals surface area contributed by atoms with E-state index < -0.39 is 0 Å². The number of carbonyl (C=O) groups is 1. The third-order valence-electron chi connectivity index (χ3n) is 6.54. The fraction of sp³-hybridized carbons (Fsp3) is 0.650. The number of hydrogen-bond acceptors (Lipinski definition) is 3. The molecule has 4 heteroatoms. The van der Waals surface area contributed by atoms with Crippen LogP contribution in [0.25, 0.3) is 0 Å². The summed E-state index contributed by atoms with van der Waals surface area (Å²) >= 11 is 0. The lowest BCUT2D eigenvalue weighted by atomic mass is 9.74. The smallest absolute Gasteiger partial charge is 0.223 e. The summed E-state index contributed by atoms with van der Waals surface area (Å²) < 4.78 is 5.58. The average Bonchev–Trinajstić information content (AvgIpc) is 3.35. The van der Waals surface area contributed by atoms with Crippen LogP contribution in [0, 0.1) is 11.3 Å². The second kappa shape index (κ2) is 6.49. The zero-order chi connectivity index (χ0) is 16.5. The highest BCUT2D eigenvalue weighted by Gasteiger charge is 2.57. The molecular weight excluding hydrogens is 300 g/mol. The minimum Gasteiger partial charge on any atom is -0.381 e. The molecule has 2 N–H and O–H groups in total. The van der Waals surface area contributed by atoms with Gasteiger partial charge in [-0.15, -0.1) is 0 Å². The summed E-state index contributed by atoms with van der Waals surface area (Å²) in [6.07, 6.45) is 5.36. The van der Waals surface area contributed by atoms with Crippen molar-refractivity contribution in [1.82, 2.24) is 10.6 Å². The predicted octanol–water partition coefficient (Wildman–Crippen LogP) is 2.24. The van der Waals surface area contributed by atoms with E-state index in [1.165, 1.54) is 5.56 Å². The van der Waals surface area contributed by atoms with Gasteiger partial charge in [0.1, 0.15) is 0 Å². The van der Waals surface area contributed by atoms with Gasteiger partial charge in [-0.1, -0.05) is 30.3 Å². The van der Waals surface area contributed by atoms with Crippen LogP contribution in [0.1, 0.15) is 37.7 Å². The maximum atomic E-state index is 12.7. The highest BCUT2D eigenvalue weighted by Crippen LogP contribution is 2.58. The SMILES string of the molecule is O=C(NCC1(c2ccccc2)CCOCC1)[C@@H]1CC12CCNCC2. The van der Waals surface area contributed by atoms with Gasteiger partial charge in [0, 0.05) is 31.1 Å². The van der Waals surface area contributed by atoms with Crippen LogP contribution >= 0.6 is 0 Å². The van der Waals surface area contributed by atoms with E-state index in [0.29, 0.717) is 5.41 Å². The van der Waals surface area contributed by atoms with Gasteiger partial charge in [0.25, 0.3) is 0 Å². The molecule has 3 aliphatic rings. The summed E-state index contributed by atoms with van der Waals surface area (Å²) in [5.41, 5.74) is 1.68. The Morgan fingerprint density at radius 2 is 1.83 bits per heavy atom. The molecular formula is C20H28N2O2. The fourth-order valence-corrected chi connectivity index (χ4v) is 4.70. The first-order valence-corrected chi connectivity index (χ1v) is 9.36. The summed E-state index contributed by atoms with van der Waals surface area (Å²) in [5.74, 6) is 0.519. The van der Waals surface area contributed by atoms with E-state index in [-0.39, 0.29) is 17.2 Å². The Kier molecular flexibility index (Phi) is 4.35. The number of amides is 1. The number of ether oxygens (including phenoxy) is 1. The number of carbonyl (C=O) groups excluding carboxylic acids is 1. The lowest BCUT2D eigenvalue weighted by molar-refractivity contribution is -0.123. The number of benzene rings is 1. The van der Waals surface area contributed by atoms with E-state index in [4.69, 9.17) is 4.74 Å². The minimum absolute atomic E-state index is 0.0331. The van der Waals surface area contributed by atoms with E-state index in [2.05, 4.69) is 41.0 Å². The molecule has 1 spiro atoms. The van der Waals surface area contributed by atoms with E-state index >= 15 is 0 Å². The van der Waals surface area contributed by atoms with Crippen molar-refractivity contribution in [2.45, 2.75) is 37.5 Å². The molecule has 2 aliphatic heterocycles. The Bertz CT molecular complexity index is 575. The highest BCUT2D eigenvalue weighted by atomic mass is 16.5. The van der Waals surface area contributed by atoms with Gasteiger partial charge >= 0.3 is 0 Å². The molecule has 1 aliphatic carbocycles. The van der Waals surface area contributed by atoms with E-state index in [1.807, 2.05) is 0 Å². The molecule has 2 saturated heterocycles. The van der Waals surface area contributed by atoms with Crippen molar-refractivity contribution in [2.75, 3.05) is 32.8 Å². The van der Waals surface area contributed by atoms with Crippen molar-refractivity contribution in [3.63, 3.8) is 0 Å². The quantitative estimate of drug-likeness (QED) is 0.891. The molecule has 24 heavy (non-hydrogen) atoms. The summed E-state index contributed by atoms with van der Waals surface area (Å²) in [7, 11) is 0. The first-order chi connectivity index (χ1) is 11.7. The van der Waals surface area contributed by atoms with Crippen molar-refractivity contribution in [1.29, 1.82) is 0 Å². The molecule has 0 radical (unpaired) electrons. The summed E-state index contributed by atoms with van der Waals surface area (Å²) in [4.78, 5) is 12.7. The zero-order valence-electron chi connectivity index (χ0n) is 14.4. The Morgan fingerprint density at radius 1 is 1.12 bits per heavy atom. The molecule has 0 bridgehead atoms. The fourth-order valence-electron chi connectivity index (χ4n) is 4.70. The highest BCUT2D eigenvalue weighted by molar-refractivity contribution is 5.82. The maximum Gasteiger partial charge on any atom is 0.223 e. The standard InChI is InChI=1S/C20H28N2O2/c23-18(17-14-19(17)6-10-21-11-7-19)22-15-20(8-12-24-13-9-20)16-4-2-1-3-5-16/h1-5,17,21H,6-15H2,(H,22,23)/t17-/m0/s1. The number of rotatable bonds is 4. The Labute approximate surface area is 144 Å². The third kappa shape index (κ3) is 2.98. The van der Waals surface area contributed by atoms with Crippen molar-refractivity contribution in [3.8, 4) is 0 Å². The van der Waals surface area contributed by atoms with Gasteiger partial charge in [-0.25, -0.2) is 0 Å². The summed E-state index contributed by atoms with van der Waals surface area (Å²) in [6.45, 7) is 4.43. The Hall–Kier alpha value is -1.39. The Balaban J connectivity index is 1.42. The molecule has 0 unspecified atom stereocenters. The lowest BCUT2D eigenvalue weighted by Crippen LogP contribution is -2.45. The van der Waals surface area contributed by atoms with Crippen LogP contribution in [0.15, 0.2) is 30.3 Å². The third-order valence-corrected chi connectivity index (χ3v) is 6.54. The number of piperidine rings is 1. The van der Waals surface area contributed by atoms with Crippen LogP contribution in [0.2, 0.25) is 0 Å². The van der Waals surface area contributed by atoms with Crippen LogP contribution in [0.3, 0.4) is 0 Å². The van der Waals surface area contributed by atoms with Crippen molar-refractivity contribution in [3.05, 3.63) is 35.9 Å². The normalized spacial score (nSPS) is 27.6. The number of nitrogens with one attached hydrogen (secondary N) is 2. The monoisotopic (exact) mass is 328 g/mol. The molecule has 0 aromatic heterocycles. The minimum atomic E-state index is 0.0331. The average molecular weight is 328 g/mol. The Morgan fingerprint density at radius 3 is 2.54 bits per heavy atom. The molecule has 2 heterocycles. The van der Waals surface area contributed by atoms with Gasteiger partial charge in [0.15, 0.2) is 0 Å². The first-order valence-electron chi connectivity index (χ1n) is 9.36. The second-order valence-electron chi connectivity index (χ2n) is 7.85. The summed E-state index contributed by atoms with van der Waals surface area (Å²) in [5, 5.41) is 6.72. The van der Waals surface area contributed by atoms with Crippen LogP contribution in [-0.4, -0.2) is 38.8 Å². The second-order valence-corrected chi connectivity index (χ2v) is 7.85. The van der Waals surface area contributed by atoms with Crippen LogP contribution in [0.4, 0.5) is 0 Å². The maximum absolute atomic E-state index is 12.7. The number of hydrogen-bond donors (Lipinski definition) is 2. The largest absolute Gasteiger partial charge is 0.381 e. The predicted molar refractivity (Wildman–Crippen MR) is 93.8 cm³/mol. The molecule has 1 aromatic carbocycles. The lowest BCUT2D eigenvalue weighted by Gasteiger charge is -2.38. The van der Waals surface area contributed by atoms with E-state index in [0.717, 1.165) is 65.0 Å². The summed E-state index contributed by atoms with van der Waals surface area (Å²) in [6, 6.07) is 10.6. The van der Waals surface area contributed by atoms with Crippen molar-refractivity contribution in [2.24, 2.45) is 11.3 Å². The molecule has 130 valence electrons. The molecule has 1 amide bonds. The molecule has 1 aromatic rings. The van der Waals surface area contributed by atoms with Gasteiger partial charge < -0.3 is 15.4 Å². The van der Waals surface area contributed by atoms with Crippen molar-refractivity contribution >= 4 is 5.91 Å². The molecule has 1 atom stereocenters. The van der Waals surface area contributed by atoms with Crippen LogP contribution in [-0.2, 0) is 14.9 Å². The molecule has 4 rings (SSSR count). The van der Waals surface area contributed by atoms with Gasteiger partial charge in [-0.05, 0) is 56.2 Å². The molecule has 4 nitrogen and oxygen atoms in total. The molecule has 1 saturated carbocycles. The van der Waals surface area contributed by atoms with E-state index in [9.17, 15) is 4.79 Å². The van der Waals surface area contributed by atoms with Gasteiger partial charge in [0.2, 0.25) is 5.91 Å². The van der Waals surface area contributed by atoms with Crippen LogP contribution < -0.4 is 10.6 Å². The van der Waals surface area contributed by atoms with Crippen LogP contribution in [0.5, 0.6) is 0 Å². The topological polar surface area (TPSA) is 50.4 Å².